The van der Waals surface area contributed by atoms with Gasteiger partial charge >= 0.3 is 61.8 Å². The first-order chi connectivity index (χ1) is 4.81. The van der Waals surface area contributed by atoms with E-state index >= 15 is 0 Å². The predicted octanol–water partition coefficient (Wildman–Crippen LogP) is -14.0. The molecule has 0 aliphatic heterocycles. The van der Waals surface area contributed by atoms with Crippen LogP contribution in [-0.4, -0.2) is 187 Å². The van der Waals surface area contributed by atoms with Gasteiger partial charge in [0, 0.05) is 0 Å². The molecule has 0 rings (SSSR count). The number of rotatable bonds is 2. The fourth-order valence-electron chi connectivity index (χ4n) is 0.0577. The van der Waals surface area contributed by atoms with Gasteiger partial charge in [0.15, 0.2) is 17.4 Å². The van der Waals surface area contributed by atoms with E-state index in [4.69, 9.17) is 32.8 Å². The summed E-state index contributed by atoms with van der Waals surface area (Å²) in [5.74, 6) is 0. The summed E-state index contributed by atoms with van der Waals surface area (Å²) in [5.41, 5.74) is 0. The molecule has 0 bridgehead atoms. The fourth-order valence-corrected chi connectivity index (χ4v) is 0.0577. The predicted molar refractivity (Wildman–Crippen MR) is 94.8 cm³/mol. The van der Waals surface area contributed by atoms with Crippen LogP contribution in [0.3, 0.4) is 0 Å². The molecule has 0 aromatic carbocycles. The van der Waals surface area contributed by atoms with Gasteiger partial charge < -0.3 is 81.0 Å². The number of aliphatic hydroxyl groups excluding tert-OH is 3. The zero-order chi connectivity index (χ0) is 9.49. The Labute approximate surface area is 195 Å². The molecule has 0 saturated heterocycles. The van der Waals surface area contributed by atoms with Crippen LogP contribution >= 0.6 is 0 Å². The SMILES string of the molecule is O.O.O.O.O.O.O.O.O.O.O.O.O=S(=O)(O)O.OCC(O)CO.[AlH3].[KH]. The van der Waals surface area contributed by atoms with E-state index in [1.807, 2.05) is 0 Å². The molecule has 29 N–H and O–H groups in total. The molecule has 0 unspecified atom stereocenters. The molecule has 0 aromatic rings. The van der Waals surface area contributed by atoms with Crippen LogP contribution in [-0.2, 0) is 10.4 Å². The van der Waals surface area contributed by atoms with Gasteiger partial charge in [-0.2, -0.15) is 8.42 Å². The van der Waals surface area contributed by atoms with E-state index in [1.165, 1.54) is 0 Å². The third-order valence-electron chi connectivity index (χ3n) is 0.421. The summed E-state index contributed by atoms with van der Waals surface area (Å²) >= 11 is 0. The van der Waals surface area contributed by atoms with E-state index in [9.17, 15) is 0 Å². The van der Waals surface area contributed by atoms with E-state index in [0.29, 0.717) is 0 Å². The second kappa shape index (κ2) is 98.2. The molecular weight excluding hydrogens is 438 g/mol. The Morgan fingerprint density at radius 1 is 0.600 bits per heavy atom. The zero-order valence-electron chi connectivity index (χ0n) is 11.5. The van der Waals surface area contributed by atoms with Crippen molar-refractivity contribution in [1.29, 1.82) is 0 Å². The second-order valence-corrected chi connectivity index (χ2v) is 2.36. The second-order valence-electron chi connectivity index (χ2n) is 1.47. The monoisotopic (exact) mass is 476 g/mol. The Hall–Kier alpha value is 1.44. The van der Waals surface area contributed by atoms with Crippen LogP contribution < -0.4 is 0 Å². The van der Waals surface area contributed by atoms with Gasteiger partial charge in [-0.05, 0) is 0 Å². The normalized spacial score (nSPS) is 4.72. The summed E-state index contributed by atoms with van der Waals surface area (Å²) in [6.45, 7) is -0.729. The standard InChI is InChI=1S/C3H8O3.Al.K.H2O4S.12H2O.4H/c4-1-3(6)2-5;;;1-5(2,3)4;;;;;;;;;;;;;;;;/h3-6H,1-2H2;;;(H2,1,2,3,4);12*1H2;;;;. The molecule has 0 heterocycles. The third-order valence-corrected chi connectivity index (χ3v) is 0.421. The molecule has 0 spiro atoms. The van der Waals surface area contributed by atoms with Crippen LogP contribution in [0, 0.1) is 0 Å². The Balaban J connectivity index is -0.00000000298. The average Bonchev–Trinajstić information content (AvgIpc) is 1.83. The Morgan fingerprint density at radius 2 is 0.680 bits per heavy atom. The van der Waals surface area contributed by atoms with Gasteiger partial charge in [-0.15, -0.1) is 0 Å². The number of hydrogen-bond donors (Lipinski definition) is 5. The van der Waals surface area contributed by atoms with Crippen molar-refractivity contribution >= 4 is 79.1 Å². The summed E-state index contributed by atoms with van der Waals surface area (Å²) < 4.78 is 31.6. The van der Waals surface area contributed by atoms with Crippen LogP contribution in [0.1, 0.15) is 0 Å². The summed E-state index contributed by atoms with van der Waals surface area (Å²) in [7, 11) is -4.67. The molecule has 0 atom stereocenters. The molecule has 19 nitrogen and oxygen atoms in total. The molecule has 0 radical (unpaired) electrons. The molecule has 0 amide bonds. The Bertz CT molecular complexity index is 166. The molecule has 174 valence electrons. The Morgan fingerprint density at radius 3 is 0.680 bits per heavy atom. The topological polar surface area (TPSA) is 513 Å². The molecule has 0 fully saturated rings. The van der Waals surface area contributed by atoms with Crippen LogP contribution in [0.2, 0.25) is 0 Å². The first-order valence-electron chi connectivity index (χ1n) is 2.41. The maximum absolute atomic E-state index is 8.74. The maximum atomic E-state index is 8.74. The van der Waals surface area contributed by atoms with Crippen molar-refractivity contribution in [3.8, 4) is 0 Å². The molecule has 0 aromatic heterocycles. The van der Waals surface area contributed by atoms with Crippen molar-refractivity contribution in [1.82, 2.24) is 0 Å². The van der Waals surface area contributed by atoms with E-state index < -0.39 is 16.5 Å². The summed E-state index contributed by atoms with van der Waals surface area (Å²) in [6, 6.07) is 0. The first-order valence-corrected chi connectivity index (χ1v) is 3.80. The van der Waals surface area contributed by atoms with E-state index in [-0.39, 0.29) is 148 Å². The van der Waals surface area contributed by atoms with Gasteiger partial charge in [0.2, 0.25) is 0 Å². The van der Waals surface area contributed by atoms with Gasteiger partial charge in [0.1, 0.15) is 6.10 Å². The summed E-state index contributed by atoms with van der Waals surface area (Å²) in [6.07, 6.45) is -0.954. The van der Waals surface area contributed by atoms with Crippen molar-refractivity contribution < 1.29 is 98.6 Å². The van der Waals surface area contributed by atoms with E-state index in [1.54, 1.807) is 0 Å². The van der Waals surface area contributed by atoms with Gasteiger partial charge in [-0.1, -0.05) is 0 Å². The van der Waals surface area contributed by atoms with Crippen LogP contribution in [0.25, 0.3) is 0 Å². The van der Waals surface area contributed by atoms with Gasteiger partial charge in [0.05, 0.1) is 13.2 Å². The van der Waals surface area contributed by atoms with Crippen LogP contribution in [0.5, 0.6) is 0 Å². The summed E-state index contributed by atoms with van der Waals surface area (Å²) in [4.78, 5) is 0. The van der Waals surface area contributed by atoms with Crippen molar-refractivity contribution in [2.45, 2.75) is 6.10 Å². The van der Waals surface area contributed by atoms with Crippen molar-refractivity contribution in [2.24, 2.45) is 0 Å². The molecule has 0 aliphatic rings. The van der Waals surface area contributed by atoms with E-state index in [0.717, 1.165) is 0 Å². The van der Waals surface area contributed by atoms with Gasteiger partial charge in [-0.3, -0.25) is 9.11 Å². The molecule has 0 saturated carbocycles. The minimum absolute atomic E-state index is 0. The van der Waals surface area contributed by atoms with E-state index in [2.05, 4.69) is 0 Å². The number of hydrogen-bond acceptors (Lipinski definition) is 5. The average molecular weight is 476 g/mol. The number of aliphatic hydroxyl groups is 3. The zero-order valence-corrected chi connectivity index (χ0v) is 12.3. The quantitative estimate of drug-likeness (QED) is 0.189. The Kier molecular flexibility index (Phi) is 617. The van der Waals surface area contributed by atoms with Gasteiger partial charge in [-0.25, -0.2) is 0 Å². The third kappa shape index (κ3) is 472. The molecular formula is C3H38AlKO19S. The first kappa shape index (κ1) is 157. The molecule has 22 heteroatoms. The van der Waals surface area contributed by atoms with Crippen LogP contribution in [0.4, 0.5) is 0 Å². The summed E-state index contributed by atoms with van der Waals surface area (Å²) in [5, 5.41) is 24.0. The van der Waals surface area contributed by atoms with Crippen molar-refractivity contribution in [2.75, 3.05) is 13.2 Å². The minimum atomic E-state index is -4.67. The fraction of sp³-hybridized carbons (Fsp3) is 1.00. The molecule has 25 heavy (non-hydrogen) atoms. The van der Waals surface area contributed by atoms with Gasteiger partial charge in [0.25, 0.3) is 0 Å². The van der Waals surface area contributed by atoms with Crippen molar-refractivity contribution in [3.05, 3.63) is 0 Å². The van der Waals surface area contributed by atoms with Crippen molar-refractivity contribution in [3.63, 3.8) is 0 Å². The van der Waals surface area contributed by atoms with Crippen LogP contribution in [0.15, 0.2) is 0 Å². The molecule has 0 aliphatic carbocycles.